The van der Waals surface area contributed by atoms with Crippen LogP contribution < -0.4 is 9.47 Å². The minimum Gasteiger partial charge on any atom is -0.497 e. The van der Waals surface area contributed by atoms with Gasteiger partial charge in [-0.1, -0.05) is 30.3 Å². The van der Waals surface area contributed by atoms with Gasteiger partial charge < -0.3 is 14.4 Å². The molecule has 0 N–H and O–H groups in total. The summed E-state index contributed by atoms with van der Waals surface area (Å²) in [6.45, 7) is 0.616. The maximum Gasteiger partial charge on any atom is 0.258 e. The van der Waals surface area contributed by atoms with E-state index in [9.17, 15) is 4.79 Å². The van der Waals surface area contributed by atoms with Crippen molar-refractivity contribution in [3.05, 3.63) is 59.7 Å². The summed E-state index contributed by atoms with van der Waals surface area (Å²) in [4.78, 5) is 15.0. The van der Waals surface area contributed by atoms with Crippen molar-refractivity contribution in [1.82, 2.24) is 4.90 Å². The molecule has 0 atom stereocenters. The number of hydrogen-bond acceptors (Lipinski definition) is 3. The van der Waals surface area contributed by atoms with Gasteiger partial charge in [-0.25, -0.2) is 0 Å². The van der Waals surface area contributed by atoms with Crippen molar-refractivity contribution < 1.29 is 14.3 Å². The van der Waals surface area contributed by atoms with E-state index in [1.165, 1.54) is 0 Å². The second kappa shape index (κ2) is 6.73. The standard InChI is InChI=1S/C19H21NO3/c1-22-16-10-11-18(23-2)17(12-16)19(21)20(15-8-9-15)13-14-6-4-3-5-7-14/h3-7,10-12,15H,8-9,13H2,1-2H3. The van der Waals surface area contributed by atoms with E-state index in [-0.39, 0.29) is 5.91 Å². The van der Waals surface area contributed by atoms with E-state index in [0.29, 0.717) is 29.6 Å². The van der Waals surface area contributed by atoms with Gasteiger partial charge in [-0.2, -0.15) is 0 Å². The number of carbonyl (C=O) groups is 1. The summed E-state index contributed by atoms with van der Waals surface area (Å²) in [5.41, 5.74) is 1.68. The van der Waals surface area contributed by atoms with Crippen molar-refractivity contribution in [3.63, 3.8) is 0 Å². The molecule has 0 saturated heterocycles. The normalized spacial score (nSPS) is 13.5. The number of benzene rings is 2. The first-order chi connectivity index (χ1) is 11.2. The third kappa shape index (κ3) is 3.47. The van der Waals surface area contributed by atoms with Gasteiger partial charge in [0, 0.05) is 12.6 Å². The second-order valence-corrected chi connectivity index (χ2v) is 5.72. The Kier molecular flexibility index (Phi) is 4.51. The SMILES string of the molecule is COc1ccc(OC)c(C(=O)N(Cc2ccccc2)C2CC2)c1. The first-order valence-electron chi connectivity index (χ1n) is 7.80. The van der Waals surface area contributed by atoms with Crippen LogP contribution in [0.4, 0.5) is 0 Å². The summed E-state index contributed by atoms with van der Waals surface area (Å²) in [5, 5.41) is 0. The van der Waals surface area contributed by atoms with Gasteiger partial charge in [0.05, 0.1) is 19.8 Å². The van der Waals surface area contributed by atoms with Crippen molar-refractivity contribution >= 4 is 5.91 Å². The van der Waals surface area contributed by atoms with Gasteiger partial charge >= 0.3 is 0 Å². The molecular formula is C19H21NO3. The molecule has 2 aromatic rings. The molecule has 0 aliphatic heterocycles. The lowest BCUT2D eigenvalue weighted by Gasteiger charge is -2.24. The Bertz CT molecular complexity index is 680. The van der Waals surface area contributed by atoms with Crippen LogP contribution in [0.15, 0.2) is 48.5 Å². The van der Waals surface area contributed by atoms with Crippen molar-refractivity contribution in [2.45, 2.75) is 25.4 Å². The quantitative estimate of drug-likeness (QED) is 0.819. The summed E-state index contributed by atoms with van der Waals surface area (Å²) in [5.74, 6) is 1.23. The topological polar surface area (TPSA) is 38.8 Å². The molecule has 1 aliphatic carbocycles. The molecule has 1 saturated carbocycles. The van der Waals surface area contributed by atoms with Gasteiger partial charge in [0.1, 0.15) is 11.5 Å². The highest BCUT2D eigenvalue weighted by molar-refractivity contribution is 5.97. The number of methoxy groups -OCH3 is 2. The van der Waals surface area contributed by atoms with Crippen LogP contribution in [0.2, 0.25) is 0 Å². The van der Waals surface area contributed by atoms with E-state index in [4.69, 9.17) is 9.47 Å². The van der Waals surface area contributed by atoms with E-state index in [2.05, 4.69) is 0 Å². The van der Waals surface area contributed by atoms with E-state index < -0.39 is 0 Å². The number of nitrogens with zero attached hydrogens (tertiary/aromatic N) is 1. The molecule has 0 radical (unpaired) electrons. The third-order valence-corrected chi connectivity index (χ3v) is 4.08. The lowest BCUT2D eigenvalue weighted by Crippen LogP contribution is -2.32. The molecule has 3 rings (SSSR count). The molecule has 23 heavy (non-hydrogen) atoms. The lowest BCUT2D eigenvalue weighted by atomic mass is 10.1. The van der Waals surface area contributed by atoms with Crippen molar-refractivity contribution in [1.29, 1.82) is 0 Å². The predicted octanol–water partition coefficient (Wildman–Crippen LogP) is 3.51. The molecule has 0 bridgehead atoms. The first-order valence-corrected chi connectivity index (χ1v) is 7.80. The van der Waals surface area contributed by atoms with Crippen LogP contribution in [0.25, 0.3) is 0 Å². The van der Waals surface area contributed by atoms with Crippen LogP contribution in [-0.4, -0.2) is 31.1 Å². The molecule has 120 valence electrons. The summed E-state index contributed by atoms with van der Waals surface area (Å²) >= 11 is 0. The monoisotopic (exact) mass is 311 g/mol. The van der Waals surface area contributed by atoms with Gasteiger partial charge in [-0.15, -0.1) is 0 Å². The third-order valence-electron chi connectivity index (χ3n) is 4.08. The van der Waals surface area contributed by atoms with Crippen LogP contribution in [0.3, 0.4) is 0 Å². The van der Waals surface area contributed by atoms with Gasteiger partial charge in [-0.05, 0) is 36.6 Å². The molecule has 2 aromatic carbocycles. The largest absolute Gasteiger partial charge is 0.497 e. The van der Waals surface area contributed by atoms with Gasteiger partial charge in [0.25, 0.3) is 5.91 Å². The van der Waals surface area contributed by atoms with E-state index in [1.807, 2.05) is 35.2 Å². The predicted molar refractivity (Wildman–Crippen MR) is 88.9 cm³/mol. The zero-order valence-corrected chi connectivity index (χ0v) is 13.5. The molecule has 1 amide bonds. The Morgan fingerprint density at radius 2 is 1.83 bits per heavy atom. The zero-order chi connectivity index (χ0) is 16.2. The number of hydrogen-bond donors (Lipinski definition) is 0. The minimum atomic E-state index is -0.00731. The maximum absolute atomic E-state index is 13.1. The zero-order valence-electron chi connectivity index (χ0n) is 13.5. The molecule has 0 aromatic heterocycles. The van der Waals surface area contributed by atoms with Gasteiger partial charge in [0.2, 0.25) is 0 Å². The summed E-state index contributed by atoms with van der Waals surface area (Å²) in [6, 6.07) is 15.7. The number of ether oxygens (including phenoxy) is 2. The molecule has 1 fully saturated rings. The highest BCUT2D eigenvalue weighted by Crippen LogP contribution is 2.33. The number of carbonyl (C=O) groups excluding carboxylic acids is 1. The molecule has 0 heterocycles. The van der Waals surface area contributed by atoms with Crippen molar-refractivity contribution in [2.75, 3.05) is 14.2 Å². The van der Waals surface area contributed by atoms with Crippen LogP contribution >= 0.6 is 0 Å². The fraction of sp³-hybridized carbons (Fsp3) is 0.316. The van der Waals surface area contributed by atoms with E-state index >= 15 is 0 Å². The Balaban J connectivity index is 1.89. The van der Waals surface area contributed by atoms with E-state index in [1.54, 1.807) is 32.4 Å². The molecular weight excluding hydrogens is 290 g/mol. The summed E-state index contributed by atoms with van der Waals surface area (Å²) in [6.07, 6.45) is 2.12. The highest BCUT2D eigenvalue weighted by Gasteiger charge is 2.34. The van der Waals surface area contributed by atoms with E-state index in [0.717, 1.165) is 18.4 Å². The fourth-order valence-electron chi connectivity index (χ4n) is 2.67. The number of rotatable bonds is 6. The van der Waals surface area contributed by atoms with Gasteiger partial charge in [0.15, 0.2) is 0 Å². The lowest BCUT2D eigenvalue weighted by molar-refractivity contribution is 0.0726. The Labute approximate surface area is 136 Å². The Morgan fingerprint density at radius 1 is 1.09 bits per heavy atom. The second-order valence-electron chi connectivity index (χ2n) is 5.72. The average molecular weight is 311 g/mol. The molecule has 4 nitrogen and oxygen atoms in total. The Hall–Kier alpha value is -2.49. The molecule has 0 unspecified atom stereocenters. The average Bonchev–Trinajstić information content (AvgIpc) is 3.44. The number of amides is 1. The Morgan fingerprint density at radius 3 is 2.43 bits per heavy atom. The van der Waals surface area contributed by atoms with Crippen molar-refractivity contribution in [3.8, 4) is 11.5 Å². The maximum atomic E-state index is 13.1. The molecule has 1 aliphatic rings. The van der Waals surface area contributed by atoms with Crippen LogP contribution in [-0.2, 0) is 6.54 Å². The molecule has 4 heteroatoms. The summed E-state index contributed by atoms with van der Waals surface area (Å²) in [7, 11) is 3.18. The van der Waals surface area contributed by atoms with Gasteiger partial charge in [-0.3, -0.25) is 4.79 Å². The molecule has 0 spiro atoms. The summed E-state index contributed by atoms with van der Waals surface area (Å²) < 4.78 is 10.6. The van der Waals surface area contributed by atoms with Crippen LogP contribution in [0.5, 0.6) is 11.5 Å². The first kappa shape index (κ1) is 15.4. The smallest absolute Gasteiger partial charge is 0.258 e. The fourth-order valence-corrected chi connectivity index (χ4v) is 2.67. The van der Waals surface area contributed by atoms with Crippen molar-refractivity contribution in [2.24, 2.45) is 0 Å². The highest BCUT2D eigenvalue weighted by atomic mass is 16.5. The van der Waals surface area contributed by atoms with Crippen LogP contribution in [0.1, 0.15) is 28.8 Å². The minimum absolute atomic E-state index is 0.00731. The van der Waals surface area contributed by atoms with Crippen LogP contribution in [0, 0.1) is 0 Å².